The van der Waals surface area contributed by atoms with Crippen molar-refractivity contribution in [1.82, 2.24) is 4.57 Å². The predicted octanol–water partition coefficient (Wildman–Crippen LogP) is 4.49. The number of nitrogens with zero attached hydrogens (tertiary/aromatic N) is 2. The van der Waals surface area contributed by atoms with Gasteiger partial charge >= 0.3 is 0 Å². The molecule has 3 rings (SSSR count). The fourth-order valence-corrected chi connectivity index (χ4v) is 3.86. The zero-order valence-electron chi connectivity index (χ0n) is 19.5. The van der Waals surface area contributed by atoms with E-state index >= 15 is 0 Å². The fourth-order valence-electron chi connectivity index (χ4n) is 3.86. The lowest BCUT2D eigenvalue weighted by Gasteiger charge is -2.21. The Hall–Kier alpha value is -3.12. The molecule has 0 unspecified atom stereocenters. The molecule has 6 heteroatoms. The normalized spacial score (nSPS) is 11.2. The lowest BCUT2D eigenvalue weighted by Crippen LogP contribution is -2.26. The van der Waals surface area contributed by atoms with Crippen LogP contribution in [0.5, 0.6) is 5.75 Å². The molecule has 0 aliphatic rings. The minimum Gasteiger partial charge on any atom is -0.493 e. The average molecular weight is 437 g/mol. The van der Waals surface area contributed by atoms with Crippen molar-refractivity contribution in [3.05, 3.63) is 69.5 Å². The summed E-state index contributed by atoms with van der Waals surface area (Å²) in [5.41, 5.74) is 4.07. The summed E-state index contributed by atoms with van der Waals surface area (Å²) >= 11 is 0. The topological polar surface area (TPSA) is 71.8 Å². The number of hydrogen-bond acceptors (Lipinski definition) is 4. The van der Waals surface area contributed by atoms with Crippen LogP contribution < -0.4 is 15.2 Å². The van der Waals surface area contributed by atoms with Crippen LogP contribution in [0.25, 0.3) is 10.9 Å². The third kappa shape index (κ3) is 4.70. The lowest BCUT2D eigenvalue weighted by atomic mass is 9.98. The Morgan fingerprint density at radius 1 is 1.16 bits per heavy atom. The quantitative estimate of drug-likeness (QED) is 0.528. The summed E-state index contributed by atoms with van der Waals surface area (Å²) in [6.07, 6.45) is 0.537. The molecule has 1 amide bonds. The number of carbonyl (C=O) groups is 1. The number of pyridine rings is 1. The van der Waals surface area contributed by atoms with Crippen molar-refractivity contribution >= 4 is 22.5 Å². The summed E-state index contributed by atoms with van der Waals surface area (Å²) in [4.78, 5) is 27.4. The average Bonchev–Trinajstić information content (AvgIpc) is 2.78. The molecule has 0 aliphatic heterocycles. The van der Waals surface area contributed by atoms with Gasteiger partial charge < -0.3 is 19.3 Å². The SMILES string of the molecule is CCn1c(=O)cc(C(C)C)c2cc(N(C)C(=O)c3ccc(C)c(OCCCO)c3)ccc21. The third-order valence-corrected chi connectivity index (χ3v) is 5.75. The summed E-state index contributed by atoms with van der Waals surface area (Å²) in [6.45, 7) is 9.06. The van der Waals surface area contributed by atoms with Crippen LogP contribution in [0.15, 0.2) is 47.3 Å². The second kappa shape index (κ2) is 10.0. The monoisotopic (exact) mass is 436 g/mol. The van der Waals surface area contributed by atoms with E-state index in [1.807, 2.05) is 38.1 Å². The van der Waals surface area contributed by atoms with E-state index in [4.69, 9.17) is 9.84 Å². The van der Waals surface area contributed by atoms with Gasteiger partial charge in [0.25, 0.3) is 11.5 Å². The maximum Gasteiger partial charge on any atom is 0.258 e. The van der Waals surface area contributed by atoms with Crippen LogP contribution in [0.3, 0.4) is 0 Å². The second-order valence-corrected chi connectivity index (χ2v) is 8.31. The number of benzene rings is 2. The number of aromatic nitrogens is 1. The first-order valence-corrected chi connectivity index (χ1v) is 11.1. The van der Waals surface area contributed by atoms with Crippen molar-refractivity contribution in [3.63, 3.8) is 0 Å². The molecule has 6 nitrogen and oxygen atoms in total. The molecule has 1 heterocycles. The lowest BCUT2D eigenvalue weighted by molar-refractivity contribution is 0.0992. The Kier molecular flexibility index (Phi) is 7.36. The van der Waals surface area contributed by atoms with Gasteiger partial charge in [0.2, 0.25) is 0 Å². The van der Waals surface area contributed by atoms with E-state index in [-0.39, 0.29) is 24.0 Å². The first-order chi connectivity index (χ1) is 15.3. The molecular weight excluding hydrogens is 404 g/mol. The summed E-state index contributed by atoms with van der Waals surface area (Å²) in [5.74, 6) is 0.681. The Labute approximate surface area is 189 Å². The minimum atomic E-state index is -0.147. The smallest absolute Gasteiger partial charge is 0.258 e. The van der Waals surface area contributed by atoms with Gasteiger partial charge in [0, 0.05) is 49.3 Å². The van der Waals surface area contributed by atoms with E-state index in [1.54, 1.807) is 34.7 Å². The van der Waals surface area contributed by atoms with Crippen LogP contribution in [-0.2, 0) is 6.54 Å². The number of aliphatic hydroxyl groups is 1. The van der Waals surface area contributed by atoms with Crippen LogP contribution in [-0.4, -0.2) is 35.8 Å². The summed E-state index contributed by atoms with van der Waals surface area (Å²) in [7, 11) is 1.75. The van der Waals surface area contributed by atoms with Crippen molar-refractivity contribution in [2.24, 2.45) is 0 Å². The number of hydrogen-bond donors (Lipinski definition) is 1. The third-order valence-electron chi connectivity index (χ3n) is 5.75. The molecule has 0 saturated heterocycles. The molecule has 0 fully saturated rings. The highest BCUT2D eigenvalue weighted by Gasteiger charge is 2.18. The number of anilines is 1. The number of ether oxygens (including phenoxy) is 1. The zero-order chi connectivity index (χ0) is 23.4. The van der Waals surface area contributed by atoms with Crippen LogP contribution in [0, 0.1) is 6.92 Å². The molecule has 0 atom stereocenters. The number of carbonyl (C=O) groups excluding carboxylic acids is 1. The summed E-state index contributed by atoms with van der Waals surface area (Å²) in [5, 5.41) is 9.95. The van der Waals surface area contributed by atoms with Gasteiger partial charge in [0.05, 0.1) is 12.1 Å². The molecule has 0 saturated carbocycles. The van der Waals surface area contributed by atoms with Crippen molar-refractivity contribution in [1.29, 1.82) is 0 Å². The summed E-state index contributed by atoms with van der Waals surface area (Å²) in [6, 6.07) is 12.9. The molecule has 0 aliphatic carbocycles. The highest BCUT2D eigenvalue weighted by atomic mass is 16.5. The molecule has 3 aromatic rings. The summed E-state index contributed by atoms with van der Waals surface area (Å²) < 4.78 is 7.48. The van der Waals surface area contributed by atoms with E-state index < -0.39 is 0 Å². The van der Waals surface area contributed by atoms with Gasteiger partial charge in [-0.25, -0.2) is 0 Å². The Bertz CT molecular complexity index is 1180. The van der Waals surface area contributed by atoms with E-state index in [0.717, 1.165) is 27.7 Å². The van der Waals surface area contributed by atoms with Gasteiger partial charge in [-0.3, -0.25) is 9.59 Å². The Morgan fingerprint density at radius 2 is 1.91 bits per heavy atom. The predicted molar refractivity (Wildman–Crippen MR) is 129 cm³/mol. The van der Waals surface area contributed by atoms with E-state index in [9.17, 15) is 9.59 Å². The van der Waals surface area contributed by atoms with Gasteiger partial charge in [-0.05, 0) is 61.2 Å². The van der Waals surface area contributed by atoms with Crippen LogP contribution in [0.1, 0.15) is 54.6 Å². The number of rotatable bonds is 8. The van der Waals surface area contributed by atoms with Crippen molar-refractivity contribution in [2.45, 2.75) is 46.6 Å². The van der Waals surface area contributed by atoms with E-state index in [0.29, 0.717) is 30.9 Å². The van der Waals surface area contributed by atoms with Crippen LogP contribution >= 0.6 is 0 Å². The molecule has 1 N–H and O–H groups in total. The molecular formula is C26H32N2O4. The molecule has 2 aromatic carbocycles. The van der Waals surface area contributed by atoms with Gasteiger partial charge in [-0.15, -0.1) is 0 Å². The van der Waals surface area contributed by atoms with E-state index in [1.165, 1.54) is 0 Å². The van der Waals surface area contributed by atoms with Gasteiger partial charge in [0.1, 0.15) is 5.75 Å². The maximum absolute atomic E-state index is 13.2. The molecule has 0 spiro atoms. The number of amides is 1. The number of aliphatic hydroxyl groups excluding tert-OH is 1. The van der Waals surface area contributed by atoms with Gasteiger partial charge in [-0.1, -0.05) is 19.9 Å². The maximum atomic E-state index is 13.2. The standard InChI is InChI=1S/C26H32N2O4/c1-6-28-23-11-10-20(15-22(23)21(17(2)3)16-25(28)30)27(5)26(31)19-9-8-18(4)24(14-19)32-13-7-12-29/h8-11,14-17,29H,6-7,12-13H2,1-5H3. The highest BCUT2D eigenvalue weighted by Crippen LogP contribution is 2.29. The number of fused-ring (bicyclic) bond motifs is 1. The van der Waals surface area contributed by atoms with Crippen molar-refractivity contribution in [2.75, 3.05) is 25.2 Å². The second-order valence-electron chi connectivity index (χ2n) is 8.31. The van der Waals surface area contributed by atoms with Gasteiger partial charge in [0.15, 0.2) is 0 Å². The first-order valence-electron chi connectivity index (χ1n) is 11.1. The van der Waals surface area contributed by atoms with E-state index in [2.05, 4.69) is 13.8 Å². The van der Waals surface area contributed by atoms with Crippen LogP contribution in [0.2, 0.25) is 0 Å². The largest absolute Gasteiger partial charge is 0.493 e. The fraction of sp³-hybridized carbons (Fsp3) is 0.385. The van der Waals surface area contributed by atoms with Crippen molar-refractivity contribution < 1.29 is 14.6 Å². The molecule has 0 radical (unpaired) electrons. The Balaban J connectivity index is 1.99. The molecule has 0 bridgehead atoms. The van der Waals surface area contributed by atoms with Crippen molar-refractivity contribution in [3.8, 4) is 5.75 Å². The highest BCUT2D eigenvalue weighted by molar-refractivity contribution is 6.07. The molecule has 1 aromatic heterocycles. The first kappa shape index (κ1) is 23.5. The molecule has 170 valence electrons. The minimum absolute atomic E-state index is 0.00531. The zero-order valence-corrected chi connectivity index (χ0v) is 19.5. The van der Waals surface area contributed by atoms with Crippen LogP contribution in [0.4, 0.5) is 5.69 Å². The number of aryl methyl sites for hydroxylation is 2. The van der Waals surface area contributed by atoms with Gasteiger partial charge in [-0.2, -0.15) is 0 Å². The molecule has 32 heavy (non-hydrogen) atoms. The Morgan fingerprint density at radius 3 is 2.56 bits per heavy atom.